The third-order valence-corrected chi connectivity index (χ3v) is 10.9. The van der Waals surface area contributed by atoms with Crippen LogP contribution in [0, 0.1) is 0 Å². The van der Waals surface area contributed by atoms with Gasteiger partial charge in [-0.3, -0.25) is 28.5 Å². The van der Waals surface area contributed by atoms with Crippen LogP contribution in [-0.2, 0) is 29.8 Å². The zero-order chi connectivity index (χ0) is 47.6. The smallest absolute Gasteiger partial charge is 0.265 e. The van der Waals surface area contributed by atoms with Crippen LogP contribution in [0.2, 0.25) is 6.32 Å². The molecule has 0 heterocycles. The van der Waals surface area contributed by atoms with Crippen molar-refractivity contribution in [2.75, 3.05) is 158 Å². The molecule has 0 saturated carbocycles. The first-order valence-electron chi connectivity index (χ1n) is 21.6. The second-order valence-corrected chi connectivity index (χ2v) is 19.4. The molecule has 0 bridgehead atoms. The molecule has 0 spiro atoms. The van der Waals surface area contributed by atoms with Gasteiger partial charge in [0.1, 0.15) is 5.78 Å². The van der Waals surface area contributed by atoms with Crippen LogP contribution in [0.3, 0.4) is 0 Å². The van der Waals surface area contributed by atoms with Crippen LogP contribution in [0.5, 0.6) is 0 Å². The van der Waals surface area contributed by atoms with E-state index in [0.29, 0.717) is 100 Å². The number of Topliss-reactive ketones (excluding diaryl/α,β-unsaturated/α-hetero) is 1. The summed E-state index contributed by atoms with van der Waals surface area (Å²) in [6.07, 6.45) is 10.7. The molecule has 0 aromatic carbocycles. The standard InChI is InChI=1S/C17H39N5O4S.C10H20N2O4S.C6H18N4.C5H11BS/c1-22(2,15-4-16-27(24,25)26)14-3-5-17(23)6-9-20-10-13-21(11-7-18)12-8-19;1-4-10(13)11-6-8-12(2,3)7-5-9-17(14,15)16;7-1-4-10(5-2-8)6-3-9;1-2-3-4-5-6-7/h20H,3-16,18-19H2,1-2H3;4H,1,5-9H2,2-3H3,(H-,11,13,14,15,16);1-9H2;2-5H2,1H3/p+2. The van der Waals surface area contributed by atoms with Crippen LogP contribution < -0.4 is 39.3 Å². The molecule has 0 aliphatic rings. The van der Waals surface area contributed by atoms with Gasteiger partial charge in [-0.05, 0) is 6.08 Å². The van der Waals surface area contributed by atoms with Crippen molar-refractivity contribution in [3.05, 3.63) is 12.7 Å². The van der Waals surface area contributed by atoms with E-state index in [1.54, 1.807) is 0 Å². The Labute approximate surface area is 377 Å². The van der Waals surface area contributed by atoms with Crippen LogP contribution in [0.4, 0.5) is 0 Å². The van der Waals surface area contributed by atoms with Gasteiger partial charge in [0.15, 0.2) is 0 Å². The quantitative estimate of drug-likeness (QED) is 0.0121. The minimum atomic E-state index is -3.89. The van der Waals surface area contributed by atoms with E-state index in [1.165, 1.54) is 25.3 Å². The Morgan fingerprint density at radius 2 is 1.08 bits per heavy atom. The van der Waals surface area contributed by atoms with Gasteiger partial charge in [0, 0.05) is 117 Å². The molecular formula is C38H90BN11O8S3+2. The van der Waals surface area contributed by atoms with Crippen molar-refractivity contribution in [2.45, 2.75) is 64.6 Å². The molecule has 0 saturated heterocycles. The molecule has 0 rings (SSSR count). The Morgan fingerprint density at radius 1 is 0.656 bits per heavy atom. The average molecular weight is 936 g/mol. The van der Waals surface area contributed by atoms with E-state index in [4.69, 9.17) is 37.8 Å². The molecule has 0 radical (unpaired) electrons. The summed E-state index contributed by atoms with van der Waals surface area (Å²) in [6, 6.07) is 0. The molecule has 364 valence electrons. The van der Waals surface area contributed by atoms with Crippen molar-refractivity contribution in [3.8, 4) is 0 Å². The summed E-state index contributed by atoms with van der Waals surface area (Å²) in [5.41, 5.74) is 27.2. The number of unbranched alkanes of at least 4 members (excludes halogenated alkanes) is 2. The molecule has 23 heteroatoms. The molecule has 19 nitrogen and oxygen atoms in total. The number of carbonyl (C=O) groups is 2. The maximum Gasteiger partial charge on any atom is 0.265 e. The fraction of sp³-hybridized carbons (Fsp3) is 0.895. The van der Waals surface area contributed by atoms with Gasteiger partial charge in [-0.2, -0.15) is 16.8 Å². The first-order chi connectivity index (χ1) is 28.5. The van der Waals surface area contributed by atoms with Gasteiger partial charge in [0.05, 0.1) is 72.4 Å². The molecule has 14 N–H and O–H groups in total. The van der Waals surface area contributed by atoms with Crippen molar-refractivity contribution >= 4 is 50.1 Å². The van der Waals surface area contributed by atoms with Crippen molar-refractivity contribution in [1.82, 2.24) is 20.4 Å². The average Bonchev–Trinajstić information content (AvgIpc) is 3.14. The molecule has 0 aromatic rings. The number of amides is 1. The molecule has 61 heavy (non-hydrogen) atoms. The molecule has 0 atom stereocenters. The van der Waals surface area contributed by atoms with Crippen LogP contribution in [0.15, 0.2) is 12.7 Å². The number of nitrogens with zero attached hydrogens (tertiary/aromatic N) is 4. The van der Waals surface area contributed by atoms with Crippen LogP contribution in [0.1, 0.15) is 58.3 Å². The number of likely N-dealkylation sites (N-methyl/N-ethyl adjacent to an activating group) is 1. The molecule has 0 aromatic heterocycles. The van der Waals surface area contributed by atoms with E-state index in [-0.39, 0.29) is 23.2 Å². The number of carbonyl (C=O) groups excluding carboxylic acids is 2. The van der Waals surface area contributed by atoms with Gasteiger partial charge < -0.3 is 48.3 Å². The van der Waals surface area contributed by atoms with Crippen LogP contribution in [-0.4, -0.2) is 220 Å². The van der Waals surface area contributed by atoms with Gasteiger partial charge in [0.25, 0.3) is 20.2 Å². The van der Waals surface area contributed by atoms with Gasteiger partial charge in [-0.25, -0.2) is 0 Å². The maximum atomic E-state index is 12.0. The van der Waals surface area contributed by atoms with Crippen molar-refractivity contribution in [3.63, 3.8) is 0 Å². The number of rotatable bonds is 36. The van der Waals surface area contributed by atoms with E-state index in [1.807, 2.05) is 34.3 Å². The predicted octanol–water partition coefficient (Wildman–Crippen LogP) is -0.892. The fourth-order valence-corrected chi connectivity index (χ4v) is 6.76. The molecule has 0 aliphatic carbocycles. The Bertz CT molecular complexity index is 1280. The van der Waals surface area contributed by atoms with Crippen molar-refractivity contribution in [2.24, 2.45) is 28.7 Å². The predicted molar refractivity (Wildman–Crippen MR) is 257 cm³/mol. The molecule has 1 amide bonds. The Hall–Kier alpha value is -1.42. The Balaban J connectivity index is -0.000000404. The molecular weight excluding hydrogens is 845 g/mol. The summed E-state index contributed by atoms with van der Waals surface area (Å²) in [5.74, 6) is -0.426. The number of ketones is 1. The minimum Gasteiger partial charge on any atom is -0.329 e. The normalized spacial score (nSPS) is 11.7. The Kier molecular flexibility index (Phi) is 46.1. The molecule has 0 aliphatic heterocycles. The van der Waals surface area contributed by atoms with E-state index in [9.17, 15) is 26.4 Å². The number of nitrogens with two attached hydrogens (primary N) is 5. The molecule has 0 unspecified atom stereocenters. The summed E-state index contributed by atoms with van der Waals surface area (Å²) >= 11 is 4.64. The summed E-state index contributed by atoms with van der Waals surface area (Å²) < 4.78 is 61.2. The number of hydrogen-bond donors (Lipinski definition) is 9. The first kappa shape index (κ1) is 66.2. The van der Waals surface area contributed by atoms with Gasteiger partial charge in [-0.15, -0.1) is 0 Å². The van der Waals surface area contributed by atoms with Gasteiger partial charge >= 0.3 is 50.7 Å². The third kappa shape index (κ3) is 56.6. The number of hydrogen-bond acceptors (Lipinski definition) is 15. The SMILES string of the molecule is C=CC(=O)NCC[N+](C)(C)CCCS(=O)(=O)O.CCCCCB=S.C[N+](C)(CCCC(=O)CCNCCN(CCN)CCN)CCCS(=O)(=O)O.NCCN(CCN)CCN. The van der Waals surface area contributed by atoms with Crippen molar-refractivity contribution in [1.29, 1.82) is 0 Å². The van der Waals surface area contributed by atoms with Gasteiger partial charge in [0.2, 0.25) is 5.91 Å². The molecule has 0 fully saturated rings. The minimum absolute atomic E-state index is 0.215. The zero-order valence-corrected chi connectivity index (χ0v) is 41.1. The van der Waals surface area contributed by atoms with E-state index in [2.05, 4.69) is 46.0 Å². The first-order valence-corrected chi connectivity index (χ1v) is 25.3. The fourth-order valence-electron chi connectivity index (χ4n) is 5.61. The largest absolute Gasteiger partial charge is 0.329 e. The third-order valence-electron chi connectivity index (χ3n) is 9.09. The summed E-state index contributed by atoms with van der Waals surface area (Å²) in [4.78, 5) is 27.2. The van der Waals surface area contributed by atoms with Crippen LogP contribution >= 0.6 is 12.1 Å². The Morgan fingerprint density at radius 3 is 1.48 bits per heavy atom. The van der Waals surface area contributed by atoms with E-state index < -0.39 is 20.2 Å². The summed E-state index contributed by atoms with van der Waals surface area (Å²) in [7, 11) is 0.106. The monoisotopic (exact) mass is 936 g/mol. The topological polar surface area (TPSA) is 304 Å². The van der Waals surface area contributed by atoms with E-state index >= 15 is 0 Å². The maximum absolute atomic E-state index is 12.0. The summed E-state index contributed by atoms with van der Waals surface area (Å²) in [6.45, 7) is 18.8. The number of nitrogens with one attached hydrogen (secondary N) is 2. The van der Waals surface area contributed by atoms with E-state index in [0.717, 1.165) is 65.1 Å². The second kappa shape index (κ2) is 42.5. The van der Waals surface area contributed by atoms with Gasteiger partial charge in [-0.1, -0.05) is 6.58 Å². The number of quaternary nitrogens is 2. The van der Waals surface area contributed by atoms with Crippen molar-refractivity contribution < 1.29 is 44.5 Å². The second-order valence-electron chi connectivity index (χ2n) is 16.0. The zero-order valence-electron chi connectivity index (χ0n) is 38.6. The summed E-state index contributed by atoms with van der Waals surface area (Å²) in [5, 5.41) is 5.94. The van der Waals surface area contributed by atoms with Crippen LogP contribution in [0.25, 0.3) is 0 Å².